The highest BCUT2D eigenvalue weighted by Gasteiger charge is 2.28. The molecule has 4 N–H and O–H groups in total. The topological polar surface area (TPSA) is 113 Å². The Morgan fingerprint density at radius 1 is 1.40 bits per heavy atom. The van der Waals surface area contributed by atoms with Crippen molar-refractivity contribution in [2.75, 3.05) is 25.6 Å². The lowest BCUT2D eigenvalue weighted by Gasteiger charge is -2.34. The Labute approximate surface area is 118 Å². The van der Waals surface area contributed by atoms with Gasteiger partial charge in [0.1, 0.15) is 4.90 Å². The summed E-state index contributed by atoms with van der Waals surface area (Å²) >= 11 is 0. The van der Waals surface area contributed by atoms with Crippen LogP contribution in [-0.4, -0.2) is 49.5 Å². The zero-order valence-electron chi connectivity index (χ0n) is 11.6. The van der Waals surface area contributed by atoms with Crippen LogP contribution < -0.4 is 16.0 Å². The number of nitrogens with zero attached hydrogens (tertiary/aromatic N) is 3. The minimum absolute atomic E-state index is 0.0441. The largest absolute Gasteiger partial charge is 0.306 e. The number of anilines is 1. The van der Waals surface area contributed by atoms with Crippen LogP contribution in [0.1, 0.15) is 13.3 Å². The molecule has 2 unspecified atom stereocenters. The van der Waals surface area contributed by atoms with E-state index in [1.54, 1.807) is 0 Å². The molecule has 2 heterocycles. The zero-order chi connectivity index (χ0) is 14.8. The van der Waals surface area contributed by atoms with Crippen molar-refractivity contribution >= 4 is 16.0 Å². The van der Waals surface area contributed by atoms with E-state index in [9.17, 15) is 8.42 Å². The lowest BCUT2D eigenvalue weighted by molar-refractivity contribution is 0.188. The molecular formula is C11H20N6O2S. The van der Waals surface area contributed by atoms with Crippen LogP contribution in [0, 0.1) is 5.92 Å². The third-order valence-corrected chi connectivity index (χ3v) is 4.93. The number of hydrazine groups is 1. The molecule has 20 heavy (non-hydrogen) atoms. The van der Waals surface area contributed by atoms with E-state index in [1.165, 1.54) is 12.4 Å². The van der Waals surface area contributed by atoms with Crippen molar-refractivity contribution in [1.82, 2.24) is 19.6 Å². The Morgan fingerprint density at radius 2 is 2.05 bits per heavy atom. The fourth-order valence-electron chi connectivity index (χ4n) is 2.33. The number of rotatable bonds is 4. The highest BCUT2D eigenvalue weighted by molar-refractivity contribution is 7.89. The highest BCUT2D eigenvalue weighted by atomic mass is 32.2. The minimum Gasteiger partial charge on any atom is -0.306 e. The fourth-order valence-corrected chi connectivity index (χ4v) is 3.59. The van der Waals surface area contributed by atoms with E-state index in [1.807, 2.05) is 14.0 Å². The van der Waals surface area contributed by atoms with Crippen molar-refractivity contribution in [1.29, 1.82) is 0 Å². The maximum absolute atomic E-state index is 12.3. The number of nitrogens with two attached hydrogens (primary N) is 1. The van der Waals surface area contributed by atoms with E-state index in [0.29, 0.717) is 0 Å². The SMILES string of the molecule is CC1CN(C)CCC1NS(=O)(=O)c1cnc(NN)nc1. The normalized spacial score (nSPS) is 24.6. The van der Waals surface area contributed by atoms with Gasteiger partial charge in [0.25, 0.3) is 0 Å². The number of likely N-dealkylation sites (tertiary alicyclic amines) is 1. The van der Waals surface area contributed by atoms with Gasteiger partial charge in [0.2, 0.25) is 16.0 Å². The molecule has 0 amide bonds. The summed E-state index contributed by atoms with van der Waals surface area (Å²) in [6.07, 6.45) is 3.27. The molecule has 0 aliphatic carbocycles. The van der Waals surface area contributed by atoms with Gasteiger partial charge in [0, 0.05) is 12.6 Å². The minimum atomic E-state index is -3.60. The molecule has 1 aromatic heterocycles. The lowest BCUT2D eigenvalue weighted by atomic mass is 9.95. The van der Waals surface area contributed by atoms with Gasteiger partial charge in [-0.3, -0.25) is 5.43 Å². The first-order chi connectivity index (χ1) is 9.42. The van der Waals surface area contributed by atoms with Crippen LogP contribution in [0.2, 0.25) is 0 Å². The van der Waals surface area contributed by atoms with Crippen LogP contribution in [-0.2, 0) is 10.0 Å². The molecule has 2 atom stereocenters. The summed E-state index contributed by atoms with van der Waals surface area (Å²) in [5.41, 5.74) is 2.26. The van der Waals surface area contributed by atoms with Crippen LogP contribution in [0.4, 0.5) is 5.95 Å². The maximum atomic E-state index is 12.3. The van der Waals surface area contributed by atoms with E-state index >= 15 is 0 Å². The summed E-state index contributed by atoms with van der Waals surface area (Å²) in [6, 6.07) is -0.0662. The Hall–Kier alpha value is -1.29. The summed E-state index contributed by atoms with van der Waals surface area (Å²) in [6.45, 7) is 3.80. The van der Waals surface area contributed by atoms with E-state index in [2.05, 4.69) is 25.0 Å². The molecule has 112 valence electrons. The molecular weight excluding hydrogens is 280 g/mol. The molecule has 2 rings (SSSR count). The Balaban J connectivity index is 2.10. The Kier molecular flexibility index (Phi) is 4.53. The van der Waals surface area contributed by atoms with Gasteiger partial charge in [-0.05, 0) is 25.9 Å². The fraction of sp³-hybridized carbons (Fsp3) is 0.636. The van der Waals surface area contributed by atoms with Gasteiger partial charge in [-0.1, -0.05) is 6.92 Å². The molecule has 0 saturated carbocycles. The second kappa shape index (κ2) is 6.00. The Bertz CT molecular complexity index is 547. The molecule has 0 radical (unpaired) electrons. The molecule has 1 fully saturated rings. The first-order valence-corrected chi connectivity index (χ1v) is 7.90. The van der Waals surface area contributed by atoms with Crippen LogP contribution >= 0.6 is 0 Å². The lowest BCUT2D eigenvalue weighted by Crippen LogP contribution is -2.48. The van der Waals surface area contributed by atoms with Gasteiger partial charge in [-0.15, -0.1) is 0 Å². The molecule has 0 aromatic carbocycles. The summed E-state index contributed by atoms with van der Waals surface area (Å²) in [5.74, 6) is 5.58. The van der Waals surface area contributed by atoms with Crippen molar-refractivity contribution in [2.45, 2.75) is 24.3 Å². The van der Waals surface area contributed by atoms with Crippen LogP contribution in [0.3, 0.4) is 0 Å². The summed E-state index contributed by atoms with van der Waals surface area (Å²) < 4.78 is 27.3. The number of nitrogens with one attached hydrogen (secondary N) is 2. The van der Waals surface area contributed by atoms with Gasteiger partial charge in [0.05, 0.1) is 12.4 Å². The van der Waals surface area contributed by atoms with Crippen molar-refractivity contribution in [3.63, 3.8) is 0 Å². The first kappa shape index (κ1) is 15.1. The number of hydrogen-bond donors (Lipinski definition) is 3. The molecule has 0 spiro atoms. The average molecular weight is 300 g/mol. The maximum Gasteiger partial charge on any atom is 0.243 e. The number of nitrogen functional groups attached to an aromatic ring is 1. The van der Waals surface area contributed by atoms with Crippen LogP contribution in [0.25, 0.3) is 0 Å². The standard InChI is InChI=1S/C11H20N6O2S/c1-8-7-17(2)4-3-10(8)16-20(18,19)9-5-13-11(15-12)14-6-9/h5-6,8,10,16H,3-4,7,12H2,1-2H3,(H,13,14,15). The summed E-state index contributed by atoms with van der Waals surface area (Å²) in [5, 5.41) is 0. The summed E-state index contributed by atoms with van der Waals surface area (Å²) in [4.78, 5) is 9.86. The van der Waals surface area contributed by atoms with Gasteiger partial charge in [-0.2, -0.15) is 0 Å². The third kappa shape index (κ3) is 3.42. The number of sulfonamides is 1. The molecule has 8 nitrogen and oxygen atoms in total. The zero-order valence-corrected chi connectivity index (χ0v) is 12.4. The van der Waals surface area contributed by atoms with Gasteiger partial charge < -0.3 is 4.90 Å². The summed E-state index contributed by atoms with van der Waals surface area (Å²) in [7, 11) is -1.56. The average Bonchev–Trinajstić information content (AvgIpc) is 2.42. The van der Waals surface area contributed by atoms with E-state index in [-0.39, 0.29) is 22.8 Å². The molecule has 0 bridgehead atoms. The third-order valence-electron chi connectivity index (χ3n) is 3.48. The number of piperidine rings is 1. The molecule has 1 aliphatic heterocycles. The quantitative estimate of drug-likeness (QED) is 0.501. The first-order valence-electron chi connectivity index (χ1n) is 6.42. The van der Waals surface area contributed by atoms with Crippen LogP contribution in [0.15, 0.2) is 17.3 Å². The number of hydrogen-bond acceptors (Lipinski definition) is 7. The smallest absolute Gasteiger partial charge is 0.243 e. The van der Waals surface area contributed by atoms with Gasteiger partial charge >= 0.3 is 0 Å². The highest BCUT2D eigenvalue weighted by Crippen LogP contribution is 2.18. The molecule has 1 saturated heterocycles. The molecule has 1 aliphatic rings. The van der Waals surface area contributed by atoms with E-state index in [0.717, 1.165) is 19.5 Å². The van der Waals surface area contributed by atoms with Gasteiger partial charge in [0.15, 0.2) is 0 Å². The van der Waals surface area contributed by atoms with E-state index < -0.39 is 10.0 Å². The number of aromatic nitrogens is 2. The van der Waals surface area contributed by atoms with Gasteiger partial charge in [-0.25, -0.2) is 29.0 Å². The molecule has 9 heteroatoms. The Morgan fingerprint density at radius 3 is 2.60 bits per heavy atom. The van der Waals surface area contributed by atoms with Crippen LogP contribution in [0.5, 0.6) is 0 Å². The van der Waals surface area contributed by atoms with Crippen molar-refractivity contribution in [3.05, 3.63) is 12.4 Å². The van der Waals surface area contributed by atoms with Crippen molar-refractivity contribution in [3.8, 4) is 0 Å². The van der Waals surface area contributed by atoms with Crippen molar-refractivity contribution < 1.29 is 8.42 Å². The predicted molar refractivity (Wildman–Crippen MR) is 75.2 cm³/mol. The molecule has 1 aromatic rings. The second-order valence-electron chi connectivity index (χ2n) is 5.14. The monoisotopic (exact) mass is 300 g/mol. The van der Waals surface area contributed by atoms with Crippen molar-refractivity contribution in [2.24, 2.45) is 11.8 Å². The van der Waals surface area contributed by atoms with E-state index in [4.69, 9.17) is 5.84 Å². The second-order valence-corrected chi connectivity index (χ2v) is 6.86. The predicted octanol–water partition coefficient (Wildman–Crippen LogP) is -0.619.